The van der Waals surface area contributed by atoms with Crippen LogP contribution in [-0.4, -0.2) is 28.3 Å². The molecule has 1 aliphatic carbocycles. The number of allylic oxidation sites excluding steroid dienone is 2. The van der Waals surface area contributed by atoms with E-state index in [9.17, 15) is 15.0 Å². The molecular weight excluding hydrogens is 342 g/mol. The Labute approximate surface area is 161 Å². The van der Waals surface area contributed by atoms with Crippen LogP contribution < -0.4 is 0 Å². The van der Waals surface area contributed by atoms with Crippen LogP contribution >= 0.6 is 0 Å². The zero-order valence-electron chi connectivity index (χ0n) is 17.3. The summed E-state index contributed by atoms with van der Waals surface area (Å²) in [7, 11) is 0. The van der Waals surface area contributed by atoms with Crippen molar-refractivity contribution in [3.63, 3.8) is 0 Å². The van der Waals surface area contributed by atoms with Gasteiger partial charge in [-0.3, -0.25) is 4.79 Å². The largest absolute Gasteiger partial charge is 0.511 e. The molecule has 1 atom stereocenters. The Kier molecular flexibility index (Phi) is 6.68. The minimum absolute atomic E-state index is 0.0883. The summed E-state index contributed by atoms with van der Waals surface area (Å²) in [5.41, 5.74) is 5.55. The summed E-state index contributed by atoms with van der Waals surface area (Å²) < 4.78 is 0. The third-order valence-corrected chi connectivity index (χ3v) is 5.57. The summed E-state index contributed by atoms with van der Waals surface area (Å²) in [4.78, 5) is 18.1. The predicted octanol–water partition coefficient (Wildman–Crippen LogP) is 5.08. The fourth-order valence-corrected chi connectivity index (χ4v) is 3.96. The lowest BCUT2D eigenvalue weighted by molar-refractivity contribution is -0.116. The Bertz CT molecular complexity index is 776. The zero-order chi connectivity index (χ0) is 20.3. The molecular formula is C22H31NO4. The Morgan fingerprint density at radius 2 is 1.63 bits per heavy atom. The predicted molar refractivity (Wildman–Crippen MR) is 108 cm³/mol. The highest BCUT2D eigenvalue weighted by molar-refractivity contribution is 6.23. The van der Waals surface area contributed by atoms with E-state index in [4.69, 9.17) is 4.84 Å². The highest BCUT2D eigenvalue weighted by atomic mass is 16.6. The van der Waals surface area contributed by atoms with Gasteiger partial charge in [0.05, 0.1) is 11.3 Å². The van der Waals surface area contributed by atoms with Crippen LogP contribution in [-0.2, 0) is 9.63 Å². The van der Waals surface area contributed by atoms with Crippen LogP contribution in [0, 0.1) is 27.7 Å². The lowest BCUT2D eigenvalue weighted by atomic mass is 9.76. The number of hydrogen-bond donors (Lipinski definition) is 2. The smallest absolute Gasteiger partial charge is 0.168 e. The molecule has 0 bridgehead atoms. The highest BCUT2D eigenvalue weighted by Crippen LogP contribution is 2.41. The van der Waals surface area contributed by atoms with Gasteiger partial charge in [-0.05, 0) is 74.8 Å². The second-order valence-corrected chi connectivity index (χ2v) is 7.32. The molecule has 0 amide bonds. The molecule has 0 aliphatic heterocycles. The molecule has 27 heavy (non-hydrogen) atoms. The van der Waals surface area contributed by atoms with Gasteiger partial charge in [0.2, 0.25) is 0 Å². The monoisotopic (exact) mass is 373 g/mol. The molecule has 0 fully saturated rings. The number of Topliss-reactive ketones (excluding diaryl/α,β-unsaturated/α-hetero) is 1. The maximum absolute atomic E-state index is 12.9. The fourth-order valence-electron chi connectivity index (χ4n) is 3.96. The number of aliphatic hydroxyl groups excluding tert-OH is 1. The van der Waals surface area contributed by atoms with Gasteiger partial charge < -0.3 is 15.1 Å². The minimum Gasteiger partial charge on any atom is -0.511 e. The van der Waals surface area contributed by atoms with E-state index in [1.54, 1.807) is 0 Å². The Morgan fingerprint density at radius 3 is 2.11 bits per heavy atom. The average molecular weight is 373 g/mol. The number of nitrogens with zero attached hydrogens (tertiary/aromatic N) is 1. The van der Waals surface area contributed by atoms with E-state index >= 15 is 0 Å². The number of aromatic hydroxyl groups is 1. The van der Waals surface area contributed by atoms with Crippen molar-refractivity contribution in [1.82, 2.24) is 0 Å². The van der Waals surface area contributed by atoms with Crippen molar-refractivity contribution in [2.24, 2.45) is 5.16 Å². The summed E-state index contributed by atoms with van der Waals surface area (Å²) in [5.74, 6) is 0.197. The first kappa shape index (κ1) is 21.0. The lowest BCUT2D eigenvalue weighted by Gasteiger charge is -2.28. The molecule has 5 nitrogen and oxygen atoms in total. The van der Waals surface area contributed by atoms with Gasteiger partial charge in [-0.1, -0.05) is 18.5 Å². The second kappa shape index (κ2) is 8.59. The van der Waals surface area contributed by atoms with Crippen molar-refractivity contribution in [3.05, 3.63) is 39.1 Å². The van der Waals surface area contributed by atoms with E-state index < -0.39 is 0 Å². The number of carbonyl (C=O) groups excluding carboxylic acids is 1. The molecule has 0 saturated heterocycles. The van der Waals surface area contributed by atoms with Crippen LogP contribution in [0.3, 0.4) is 0 Å². The van der Waals surface area contributed by atoms with Gasteiger partial charge in [0.1, 0.15) is 18.1 Å². The quantitative estimate of drug-likeness (QED) is 0.538. The summed E-state index contributed by atoms with van der Waals surface area (Å²) in [6.45, 7) is 12.0. The topological polar surface area (TPSA) is 79.1 Å². The average Bonchev–Trinajstić information content (AvgIpc) is 2.62. The normalized spacial score (nSPS) is 18.2. The third-order valence-electron chi connectivity index (χ3n) is 5.57. The third kappa shape index (κ3) is 4.02. The van der Waals surface area contributed by atoms with Crippen molar-refractivity contribution in [2.75, 3.05) is 6.61 Å². The lowest BCUT2D eigenvalue weighted by Crippen LogP contribution is -2.25. The Morgan fingerprint density at radius 1 is 1.04 bits per heavy atom. The Hall–Kier alpha value is -2.30. The summed E-state index contributed by atoms with van der Waals surface area (Å²) in [5, 5.41) is 25.1. The van der Waals surface area contributed by atoms with Crippen LogP contribution in [0.15, 0.2) is 16.5 Å². The molecule has 1 aromatic carbocycles. The molecule has 2 rings (SSSR count). The summed E-state index contributed by atoms with van der Waals surface area (Å²) in [6, 6.07) is 0. The number of hydrogen-bond acceptors (Lipinski definition) is 5. The molecule has 1 unspecified atom stereocenters. The van der Waals surface area contributed by atoms with Gasteiger partial charge in [-0.2, -0.15) is 0 Å². The van der Waals surface area contributed by atoms with Crippen LogP contribution in [0.4, 0.5) is 0 Å². The van der Waals surface area contributed by atoms with E-state index in [1.807, 2.05) is 41.5 Å². The van der Waals surface area contributed by atoms with Gasteiger partial charge in [0.25, 0.3) is 0 Å². The van der Waals surface area contributed by atoms with Gasteiger partial charge in [-0.15, -0.1) is 0 Å². The number of rotatable bonds is 6. The summed E-state index contributed by atoms with van der Waals surface area (Å²) >= 11 is 0. The van der Waals surface area contributed by atoms with Gasteiger partial charge in [-0.25, -0.2) is 0 Å². The van der Waals surface area contributed by atoms with E-state index in [1.165, 1.54) is 0 Å². The summed E-state index contributed by atoms with van der Waals surface area (Å²) in [6.07, 6.45) is 2.11. The van der Waals surface area contributed by atoms with Crippen LogP contribution in [0.5, 0.6) is 5.75 Å². The minimum atomic E-state index is -0.103. The van der Waals surface area contributed by atoms with Crippen molar-refractivity contribution >= 4 is 11.5 Å². The SMILES string of the molecule is CCCC(=NOCC)C1=C(O)CC(c2c(C)c(C)c(O)c(C)c2C)CC1=O. The van der Waals surface area contributed by atoms with Gasteiger partial charge in [0.15, 0.2) is 5.78 Å². The van der Waals surface area contributed by atoms with E-state index in [2.05, 4.69) is 5.16 Å². The molecule has 0 aromatic heterocycles. The van der Waals surface area contributed by atoms with Gasteiger partial charge in [0, 0.05) is 12.8 Å². The number of ketones is 1. The van der Waals surface area contributed by atoms with E-state index in [0.29, 0.717) is 42.9 Å². The Balaban J connectivity index is 2.48. The van der Waals surface area contributed by atoms with Gasteiger partial charge >= 0.3 is 0 Å². The first-order valence-corrected chi connectivity index (χ1v) is 9.68. The van der Waals surface area contributed by atoms with E-state index in [-0.39, 0.29) is 17.5 Å². The maximum atomic E-state index is 12.9. The van der Waals surface area contributed by atoms with Crippen molar-refractivity contribution in [2.45, 2.75) is 73.1 Å². The number of phenols is 1. The highest BCUT2D eigenvalue weighted by Gasteiger charge is 2.33. The molecule has 0 spiro atoms. The molecule has 1 aliphatic rings. The number of phenolic OH excluding ortho intramolecular Hbond substituents is 1. The molecule has 1 aromatic rings. The fraction of sp³-hybridized carbons (Fsp3) is 0.545. The molecule has 2 N–H and O–H groups in total. The first-order valence-electron chi connectivity index (χ1n) is 9.68. The number of benzene rings is 1. The van der Waals surface area contributed by atoms with Crippen LogP contribution in [0.1, 0.15) is 73.3 Å². The van der Waals surface area contributed by atoms with Crippen molar-refractivity contribution in [3.8, 4) is 5.75 Å². The molecule has 148 valence electrons. The number of carbonyl (C=O) groups is 1. The van der Waals surface area contributed by atoms with E-state index in [0.717, 1.165) is 34.2 Å². The van der Waals surface area contributed by atoms with Crippen molar-refractivity contribution < 1.29 is 19.8 Å². The second-order valence-electron chi connectivity index (χ2n) is 7.32. The molecule has 0 heterocycles. The standard InChI is InChI=1S/C22H31NO4/c1-7-9-17(23-27-8-2)21-18(24)10-16(11-19(21)25)20-12(3)14(5)22(26)15(6)13(20)4/h16,24,26H,7-11H2,1-6H3. The zero-order valence-corrected chi connectivity index (χ0v) is 17.3. The first-order chi connectivity index (χ1) is 12.7. The molecule has 0 saturated carbocycles. The van der Waals surface area contributed by atoms with Crippen LogP contribution in [0.25, 0.3) is 0 Å². The molecule has 5 heteroatoms. The van der Waals surface area contributed by atoms with Crippen molar-refractivity contribution in [1.29, 1.82) is 0 Å². The number of oxime groups is 1. The maximum Gasteiger partial charge on any atom is 0.168 e. The molecule has 0 radical (unpaired) electrons. The van der Waals surface area contributed by atoms with Crippen LogP contribution in [0.2, 0.25) is 0 Å². The number of aliphatic hydroxyl groups is 1.